The van der Waals surface area contributed by atoms with Gasteiger partial charge in [0.25, 0.3) is 0 Å². The van der Waals surface area contributed by atoms with Gasteiger partial charge in [-0.25, -0.2) is 8.42 Å². The first-order valence-electron chi connectivity index (χ1n) is 16.9. The third-order valence-corrected chi connectivity index (χ3v) is 12.9. The van der Waals surface area contributed by atoms with E-state index < -0.39 is 21.0 Å². The number of rotatable bonds is 9. The number of ether oxygens (including phenoxy) is 1. The van der Waals surface area contributed by atoms with Gasteiger partial charge < -0.3 is 19.1 Å². The predicted molar refractivity (Wildman–Crippen MR) is 185 cm³/mol. The molecular weight excluding hydrogens is 619 g/mol. The lowest BCUT2D eigenvalue weighted by molar-refractivity contribution is 0.0359. The number of anilines is 1. The van der Waals surface area contributed by atoms with Crippen molar-refractivity contribution in [3.63, 3.8) is 0 Å². The second-order valence-corrected chi connectivity index (χ2v) is 16.5. The topological polar surface area (TPSA) is 92.3 Å². The van der Waals surface area contributed by atoms with Gasteiger partial charge in [0.15, 0.2) is 4.90 Å². The van der Waals surface area contributed by atoms with E-state index in [9.17, 15) is 13.0 Å². The van der Waals surface area contributed by atoms with E-state index >= 15 is 0 Å². The number of nitrogens with zero attached hydrogens (tertiary/aromatic N) is 5. The highest BCUT2D eigenvalue weighted by Gasteiger charge is 2.34. The van der Waals surface area contributed by atoms with E-state index in [1.54, 1.807) is 30.5 Å². The molecule has 1 atom stereocenters. The summed E-state index contributed by atoms with van der Waals surface area (Å²) in [6, 6.07) is 13.9. The number of benzene rings is 2. The molecule has 3 aliphatic heterocycles. The maximum atomic E-state index is 14.2. The molecular formula is C35H49N5O4S2. The molecule has 0 amide bonds. The molecule has 3 aromatic rings. The molecule has 3 aliphatic rings. The van der Waals surface area contributed by atoms with Gasteiger partial charge in [-0.15, -0.1) is 0 Å². The smallest absolute Gasteiger partial charge is 0.210 e. The molecule has 11 heteroatoms. The van der Waals surface area contributed by atoms with Crippen molar-refractivity contribution >= 4 is 37.6 Å². The number of likely N-dealkylation sites (tertiary alicyclic amines) is 1. The van der Waals surface area contributed by atoms with Crippen LogP contribution in [0.5, 0.6) is 5.75 Å². The van der Waals surface area contributed by atoms with Crippen LogP contribution in [0.3, 0.4) is 0 Å². The summed E-state index contributed by atoms with van der Waals surface area (Å²) >= 11 is -1.21. The summed E-state index contributed by atoms with van der Waals surface area (Å²) in [5, 5.41) is 0.733. The summed E-state index contributed by atoms with van der Waals surface area (Å²) in [7, 11) is -3.89. The van der Waals surface area contributed by atoms with Crippen LogP contribution in [0.4, 0.5) is 5.69 Å². The van der Waals surface area contributed by atoms with Crippen molar-refractivity contribution in [3.05, 3.63) is 48.7 Å². The van der Waals surface area contributed by atoms with Crippen LogP contribution in [0.15, 0.2) is 63.3 Å². The largest absolute Gasteiger partial charge is 0.612 e. The van der Waals surface area contributed by atoms with Gasteiger partial charge in [-0.2, -0.15) is 0 Å². The van der Waals surface area contributed by atoms with E-state index in [-0.39, 0.29) is 9.79 Å². The Balaban J connectivity index is 1.20. The Morgan fingerprint density at radius 1 is 0.891 bits per heavy atom. The third kappa shape index (κ3) is 7.05. The Hall–Kier alpha value is -2.41. The fourth-order valence-electron chi connectivity index (χ4n) is 7.54. The van der Waals surface area contributed by atoms with Crippen LogP contribution in [0.1, 0.15) is 46.5 Å². The zero-order chi connectivity index (χ0) is 32.4. The number of aromatic nitrogens is 1. The molecule has 0 radical (unpaired) electrons. The second kappa shape index (κ2) is 14.4. The highest BCUT2D eigenvalue weighted by atomic mass is 32.2. The van der Waals surface area contributed by atoms with E-state index in [1.807, 2.05) is 25.1 Å². The summed E-state index contributed by atoms with van der Waals surface area (Å²) in [4.78, 5) is 15.9. The van der Waals surface area contributed by atoms with Crippen molar-refractivity contribution in [3.8, 4) is 5.75 Å². The molecule has 6 rings (SSSR count). The lowest BCUT2D eigenvalue weighted by atomic mass is 9.96. The molecule has 0 spiro atoms. The zero-order valence-electron chi connectivity index (χ0n) is 27.7. The van der Waals surface area contributed by atoms with Crippen molar-refractivity contribution < 1.29 is 17.7 Å². The Kier molecular flexibility index (Phi) is 10.5. The van der Waals surface area contributed by atoms with E-state index in [1.165, 1.54) is 45.2 Å². The normalized spacial score (nSPS) is 20.9. The first-order chi connectivity index (χ1) is 22.2. The maximum absolute atomic E-state index is 14.2. The molecule has 4 heterocycles. The van der Waals surface area contributed by atoms with Gasteiger partial charge in [-0.3, -0.25) is 14.8 Å². The van der Waals surface area contributed by atoms with Gasteiger partial charge in [-0.05, 0) is 107 Å². The summed E-state index contributed by atoms with van der Waals surface area (Å²) in [5.74, 6) is 0.633. The molecule has 0 N–H and O–H groups in total. The summed E-state index contributed by atoms with van der Waals surface area (Å²) < 4.78 is 46.4. The standard InChI is InChI=1S/C35H49N5O4S2/c1-5-44-29-6-9-31(10-7-29)46(42,43)34-25-36-33-11-8-30(45(4)41)24-32(33)35(34)40-18-14-27(15-19-40)38-16-12-28(13-17-38)39-22-20-37(21-23-39)26(2)3/h6-11,24-28H,5,12-23H2,1-4H3. The number of pyridine rings is 1. The number of piperidine rings is 2. The summed E-state index contributed by atoms with van der Waals surface area (Å²) in [6.45, 7) is 15.5. The molecule has 0 aliphatic carbocycles. The van der Waals surface area contributed by atoms with Gasteiger partial charge in [0.1, 0.15) is 16.9 Å². The minimum absolute atomic E-state index is 0.194. The number of fused-ring (bicyclic) bond motifs is 1. The number of piperazine rings is 1. The monoisotopic (exact) mass is 667 g/mol. The molecule has 0 bridgehead atoms. The average Bonchev–Trinajstić information content (AvgIpc) is 3.08. The first kappa shape index (κ1) is 33.5. The van der Waals surface area contributed by atoms with Gasteiger partial charge in [0.05, 0.1) is 22.7 Å². The first-order valence-corrected chi connectivity index (χ1v) is 19.9. The quantitative estimate of drug-likeness (QED) is 0.302. The van der Waals surface area contributed by atoms with Crippen molar-refractivity contribution in [2.24, 2.45) is 0 Å². The highest BCUT2D eigenvalue weighted by molar-refractivity contribution is 7.91. The molecule has 9 nitrogen and oxygen atoms in total. The number of hydrogen-bond donors (Lipinski definition) is 0. The number of hydrogen-bond acceptors (Lipinski definition) is 9. The Bertz CT molecular complexity index is 1580. The minimum Gasteiger partial charge on any atom is -0.612 e. The second-order valence-electron chi connectivity index (χ2n) is 13.2. The Morgan fingerprint density at radius 3 is 2.09 bits per heavy atom. The third-order valence-electron chi connectivity index (χ3n) is 10.2. The van der Waals surface area contributed by atoms with Crippen LogP contribution in [-0.2, 0) is 21.0 Å². The fourth-order valence-corrected chi connectivity index (χ4v) is 9.52. The molecule has 250 valence electrons. The Labute approximate surface area is 278 Å². The van der Waals surface area contributed by atoms with Crippen LogP contribution in [0, 0.1) is 0 Å². The molecule has 1 unspecified atom stereocenters. The predicted octanol–water partition coefficient (Wildman–Crippen LogP) is 4.66. The minimum atomic E-state index is -3.89. The van der Waals surface area contributed by atoms with Crippen LogP contribution in [-0.4, -0.2) is 116 Å². The van der Waals surface area contributed by atoms with Crippen LogP contribution < -0.4 is 9.64 Å². The molecule has 3 saturated heterocycles. The van der Waals surface area contributed by atoms with Crippen LogP contribution >= 0.6 is 0 Å². The zero-order valence-corrected chi connectivity index (χ0v) is 29.4. The SMILES string of the molecule is CCOc1ccc(S(=O)(=O)c2cnc3ccc([S+](C)[O-])cc3c2N2CCC(N3CCC(N4CCN(C(C)C)CC4)CC3)CC2)cc1. The lowest BCUT2D eigenvalue weighted by Crippen LogP contribution is -2.56. The van der Waals surface area contributed by atoms with E-state index in [2.05, 4.69) is 38.4 Å². The molecule has 3 fully saturated rings. The highest BCUT2D eigenvalue weighted by Crippen LogP contribution is 2.39. The van der Waals surface area contributed by atoms with Crippen molar-refractivity contribution in [2.75, 3.05) is 70.1 Å². The van der Waals surface area contributed by atoms with E-state index in [0.717, 1.165) is 44.4 Å². The molecule has 1 aromatic heterocycles. The van der Waals surface area contributed by atoms with Crippen LogP contribution in [0.2, 0.25) is 0 Å². The average molecular weight is 668 g/mol. The number of sulfone groups is 1. The van der Waals surface area contributed by atoms with Gasteiger partial charge in [0, 0.05) is 75.0 Å². The van der Waals surface area contributed by atoms with E-state index in [4.69, 9.17) is 4.74 Å². The van der Waals surface area contributed by atoms with Gasteiger partial charge in [0.2, 0.25) is 9.84 Å². The van der Waals surface area contributed by atoms with Crippen molar-refractivity contribution in [1.29, 1.82) is 0 Å². The molecule has 2 aromatic carbocycles. The molecule has 0 saturated carbocycles. The lowest BCUT2D eigenvalue weighted by Gasteiger charge is -2.46. The molecule has 46 heavy (non-hydrogen) atoms. The summed E-state index contributed by atoms with van der Waals surface area (Å²) in [5.41, 5.74) is 1.37. The Morgan fingerprint density at radius 2 is 1.50 bits per heavy atom. The van der Waals surface area contributed by atoms with Gasteiger partial charge >= 0.3 is 0 Å². The van der Waals surface area contributed by atoms with Crippen molar-refractivity contribution in [2.45, 2.75) is 79.3 Å². The fraction of sp³-hybridized carbons (Fsp3) is 0.571. The van der Waals surface area contributed by atoms with Crippen molar-refractivity contribution in [1.82, 2.24) is 19.7 Å². The van der Waals surface area contributed by atoms with Crippen LogP contribution in [0.25, 0.3) is 10.9 Å². The summed E-state index contributed by atoms with van der Waals surface area (Å²) in [6.07, 6.45) is 7.54. The van der Waals surface area contributed by atoms with E-state index in [0.29, 0.717) is 46.6 Å². The maximum Gasteiger partial charge on any atom is 0.210 e. The van der Waals surface area contributed by atoms with Gasteiger partial charge in [-0.1, -0.05) is 0 Å².